The third kappa shape index (κ3) is 3.46. The van der Waals surface area contributed by atoms with Crippen molar-refractivity contribution >= 4 is 16.2 Å². The first-order chi connectivity index (χ1) is 8.51. The van der Waals surface area contributed by atoms with Crippen molar-refractivity contribution in [2.24, 2.45) is 5.41 Å². The molecule has 19 heavy (non-hydrogen) atoms. The average molecular weight is 292 g/mol. The number of nitrogens with one attached hydrogen (secondary N) is 1. The molecule has 0 aromatic rings. The van der Waals surface area contributed by atoms with E-state index in [1.54, 1.807) is 13.8 Å². The molecule has 1 saturated heterocycles. The molecule has 0 aliphatic carbocycles. The molecule has 0 saturated carbocycles. The van der Waals surface area contributed by atoms with Crippen LogP contribution < -0.4 is 4.72 Å². The Hall–Kier alpha value is -0.660. The summed E-state index contributed by atoms with van der Waals surface area (Å²) in [5, 5.41) is 9.24. The van der Waals surface area contributed by atoms with Gasteiger partial charge in [-0.25, -0.2) is 0 Å². The molecule has 0 aromatic heterocycles. The lowest BCUT2D eigenvalue weighted by Crippen LogP contribution is -2.60. The van der Waals surface area contributed by atoms with Crippen LogP contribution >= 0.6 is 0 Å². The van der Waals surface area contributed by atoms with Crippen LogP contribution in [0.3, 0.4) is 0 Å². The summed E-state index contributed by atoms with van der Waals surface area (Å²) in [5.74, 6) is -1.03. The minimum Gasteiger partial charge on any atom is -0.481 e. The van der Waals surface area contributed by atoms with Crippen molar-refractivity contribution in [1.82, 2.24) is 9.03 Å². The van der Waals surface area contributed by atoms with Crippen LogP contribution in [0.4, 0.5) is 0 Å². The number of rotatable bonds is 5. The Morgan fingerprint density at radius 2 is 1.58 bits per heavy atom. The van der Waals surface area contributed by atoms with E-state index >= 15 is 0 Å². The zero-order valence-electron chi connectivity index (χ0n) is 12.1. The normalized spacial score (nSPS) is 19.4. The third-order valence-electron chi connectivity index (χ3n) is 4.14. The van der Waals surface area contributed by atoms with Gasteiger partial charge in [-0.1, -0.05) is 6.42 Å². The first-order valence-corrected chi connectivity index (χ1v) is 7.97. The van der Waals surface area contributed by atoms with Crippen molar-refractivity contribution in [2.45, 2.75) is 52.5 Å². The van der Waals surface area contributed by atoms with E-state index in [0.717, 1.165) is 19.3 Å². The highest BCUT2D eigenvalue weighted by atomic mass is 32.2. The average Bonchev–Trinajstić information content (AvgIpc) is 2.28. The summed E-state index contributed by atoms with van der Waals surface area (Å²) >= 11 is 0. The second-order valence-corrected chi connectivity index (χ2v) is 7.79. The molecule has 0 amide bonds. The Bertz CT molecular complexity index is 437. The largest absolute Gasteiger partial charge is 0.481 e. The van der Waals surface area contributed by atoms with Crippen molar-refractivity contribution in [2.75, 3.05) is 13.1 Å². The number of hydrogen-bond acceptors (Lipinski definition) is 3. The van der Waals surface area contributed by atoms with E-state index < -0.39 is 27.1 Å². The highest BCUT2D eigenvalue weighted by Crippen LogP contribution is 2.32. The topological polar surface area (TPSA) is 86.7 Å². The summed E-state index contributed by atoms with van der Waals surface area (Å²) < 4.78 is 28.5. The number of aliphatic carboxylic acids is 1. The standard InChI is InChI=1S/C12H24N2O4S/c1-11(2,10(15)16)12(3,4)13-19(17,18)14-8-6-5-7-9-14/h13H,5-9H2,1-4H3,(H,15,16). The lowest BCUT2D eigenvalue weighted by Gasteiger charge is -2.40. The summed E-state index contributed by atoms with van der Waals surface area (Å²) in [6.07, 6.45) is 2.74. The van der Waals surface area contributed by atoms with Crippen LogP contribution in [0.1, 0.15) is 47.0 Å². The fourth-order valence-electron chi connectivity index (χ4n) is 1.89. The van der Waals surface area contributed by atoms with Gasteiger partial charge in [0.2, 0.25) is 0 Å². The molecule has 0 atom stereocenters. The maximum absolute atomic E-state index is 12.3. The van der Waals surface area contributed by atoms with Crippen molar-refractivity contribution in [3.8, 4) is 0 Å². The van der Waals surface area contributed by atoms with Crippen LogP contribution in [0.2, 0.25) is 0 Å². The molecule has 2 N–H and O–H groups in total. The van der Waals surface area contributed by atoms with Gasteiger partial charge in [-0.05, 0) is 40.5 Å². The van der Waals surface area contributed by atoms with Crippen LogP contribution in [0, 0.1) is 5.41 Å². The quantitative estimate of drug-likeness (QED) is 0.797. The molecule has 6 nitrogen and oxygen atoms in total. The Morgan fingerprint density at radius 1 is 1.11 bits per heavy atom. The van der Waals surface area contributed by atoms with Crippen molar-refractivity contribution in [3.63, 3.8) is 0 Å². The second-order valence-electron chi connectivity index (χ2n) is 6.12. The number of nitrogens with zero attached hydrogens (tertiary/aromatic N) is 1. The third-order valence-corrected chi connectivity index (χ3v) is 5.95. The second kappa shape index (κ2) is 5.38. The first kappa shape index (κ1) is 16.4. The molecular formula is C12H24N2O4S. The molecule has 7 heteroatoms. The van der Waals surface area contributed by atoms with Gasteiger partial charge in [0, 0.05) is 18.6 Å². The molecule has 1 rings (SSSR count). The molecular weight excluding hydrogens is 268 g/mol. The molecule has 0 spiro atoms. The number of piperidine rings is 1. The van der Waals surface area contributed by atoms with Crippen molar-refractivity contribution in [3.05, 3.63) is 0 Å². The number of carboxylic acid groups (broad SMARTS) is 1. The Morgan fingerprint density at radius 3 is 2.00 bits per heavy atom. The van der Waals surface area contributed by atoms with Gasteiger partial charge in [-0.3, -0.25) is 4.79 Å². The fourth-order valence-corrected chi connectivity index (χ4v) is 3.66. The zero-order valence-corrected chi connectivity index (χ0v) is 12.9. The zero-order chi connectivity index (χ0) is 14.9. The molecule has 1 aliphatic heterocycles. The Balaban J connectivity index is 2.90. The van der Waals surface area contributed by atoms with Gasteiger partial charge in [0.1, 0.15) is 0 Å². The molecule has 1 aliphatic rings. The number of hydrogen-bond donors (Lipinski definition) is 2. The summed E-state index contributed by atoms with van der Waals surface area (Å²) in [6.45, 7) is 7.24. The van der Waals surface area contributed by atoms with Gasteiger partial charge < -0.3 is 5.11 Å². The fraction of sp³-hybridized carbons (Fsp3) is 0.917. The summed E-state index contributed by atoms with van der Waals surface area (Å²) in [6, 6.07) is 0. The smallest absolute Gasteiger partial charge is 0.310 e. The van der Waals surface area contributed by atoms with E-state index in [1.807, 2.05) is 0 Å². The van der Waals surface area contributed by atoms with Gasteiger partial charge in [-0.2, -0.15) is 17.4 Å². The minimum atomic E-state index is -3.64. The summed E-state index contributed by atoms with van der Waals surface area (Å²) in [4.78, 5) is 11.3. The van der Waals surface area contributed by atoms with E-state index in [0.29, 0.717) is 13.1 Å². The molecule has 0 radical (unpaired) electrons. The minimum absolute atomic E-state index is 0.499. The van der Waals surface area contributed by atoms with Gasteiger partial charge >= 0.3 is 5.97 Å². The highest BCUT2D eigenvalue weighted by Gasteiger charge is 2.46. The molecule has 1 fully saturated rings. The van der Waals surface area contributed by atoms with Gasteiger partial charge in [0.15, 0.2) is 0 Å². The lowest BCUT2D eigenvalue weighted by atomic mass is 9.75. The highest BCUT2D eigenvalue weighted by molar-refractivity contribution is 7.87. The van der Waals surface area contributed by atoms with Crippen LogP contribution in [0.5, 0.6) is 0 Å². The maximum atomic E-state index is 12.3. The summed E-state index contributed by atoms with van der Waals surface area (Å²) in [7, 11) is -3.64. The molecule has 112 valence electrons. The van der Waals surface area contributed by atoms with E-state index in [9.17, 15) is 18.3 Å². The predicted molar refractivity (Wildman–Crippen MR) is 73.0 cm³/mol. The van der Waals surface area contributed by atoms with Crippen LogP contribution in [0.25, 0.3) is 0 Å². The van der Waals surface area contributed by atoms with Gasteiger partial charge in [0.25, 0.3) is 10.2 Å². The van der Waals surface area contributed by atoms with E-state index in [2.05, 4.69) is 4.72 Å². The Kier molecular flexibility index (Phi) is 4.64. The summed E-state index contributed by atoms with van der Waals surface area (Å²) in [5.41, 5.74) is -2.27. The molecule has 0 aromatic carbocycles. The van der Waals surface area contributed by atoms with Crippen LogP contribution in [0.15, 0.2) is 0 Å². The van der Waals surface area contributed by atoms with E-state index in [-0.39, 0.29) is 0 Å². The van der Waals surface area contributed by atoms with Crippen LogP contribution in [-0.2, 0) is 15.0 Å². The van der Waals surface area contributed by atoms with Crippen molar-refractivity contribution < 1.29 is 18.3 Å². The van der Waals surface area contributed by atoms with Crippen molar-refractivity contribution in [1.29, 1.82) is 0 Å². The van der Waals surface area contributed by atoms with Gasteiger partial charge in [-0.15, -0.1) is 0 Å². The van der Waals surface area contributed by atoms with E-state index in [4.69, 9.17) is 0 Å². The molecule has 1 heterocycles. The van der Waals surface area contributed by atoms with E-state index in [1.165, 1.54) is 18.2 Å². The maximum Gasteiger partial charge on any atom is 0.310 e. The first-order valence-electron chi connectivity index (χ1n) is 6.53. The molecule has 0 unspecified atom stereocenters. The SMILES string of the molecule is CC(C)(NS(=O)(=O)N1CCCCC1)C(C)(C)C(=O)O. The lowest BCUT2D eigenvalue weighted by molar-refractivity contribution is -0.150. The van der Waals surface area contributed by atoms with Gasteiger partial charge in [0.05, 0.1) is 5.41 Å². The Labute approximate surface area is 115 Å². The number of carboxylic acids is 1. The van der Waals surface area contributed by atoms with Crippen LogP contribution in [-0.4, -0.2) is 42.4 Å². The molecule has 0 bridgehead atoms. The predicted octanol–water partition coefficient (Wildman–Crippen LogP) is 1.20. The monoisotopic (exact) mass is 292 g/mol. The number of carbonyl (C=O) groups is 1.